The molecule has 0 aliphatic carbocycles. The molecule has 1 fully saturated rings. The average molecular weight is 303 g/mol. The van der Waals surface area contributed by atoms with Crippen LogP contribution in [-0.4, -0.2) is 52.9 Å². The topological polar surface area (TPSA) is 79.8 Å². The van der Waals surface area contributed by atoms with Gasteiger partial charge in [0.2, 0.25) is 0 Å². The fourth-order valence-corrected chi connectivity index (χ4v) is 2.63. The first-order valence-corrected chi connectivity index (χ1v) is 7.11. The second kappa shape index (κ2) is 5.67. The summed E-state index contributed by atoms with van der Waals surface area (Å²) in [5.41, 5.74) is 1.65. The lowest BCUT2D eigenvalue weighted by Crippen LogP contribution is -2.50. The lowest BCUT2D eigenvalue weighted by Gasteiger charge is -2.34. The standard InChI is InChI=1S/C15H17N3O4/c1-10-13(11(2)22-16-10)15(20)18-6-4-17(5-7-18)14(19)12-3-8-21-9-12/h3,8-9H,4-7H2,1-2H3. The van der Waals surface area contributed by atoms with Crippen molar-refractivity contribution in [3.8, 4) is 0 Å². The molecular weight excluding hydrogens is 286 g/mol. The van der Waals surface area contributed by atoms with E-state index in [4.69, 9.17) is 8.94 Å². The summed E-state index contributed by atoms with van der Waals surface area (Å²) in [5.74, 6) is 0.365. The van der Waals surface area contributed by atoms with Gasteiger partial charge in [-0.1, -0.05) is 5.16 Å². The number of hydrogen-bond donors (Lipinski definition) is 0. The van der Waals surface area contributed by atoms with E-state index >= 15 is 0 Å². The van der Waals surface area contributed by atoms with Gasteiger partial charge in [0, 0.05) is 26.2 Å². The monoisotopic (exact) mass is 303 g/mol. The molecule has 1 aliphatic rings. The summed E-state index contributed by atoms with van der Waals surface area (Å²) in [4.78, 5) is 28.2. The molecule has 0 bridgehead atoms. The van der Waals surface area contributed by atoms with Crippen LogP contribution in [0.4, 0.5) is 0 Å². The maximum Gasteiger partial charge on any atom is 0.259 e. The number of furan rings is 1. The molecule has 0 spiro atoms. The van der Waals surface area contributed by atoms with E-state index in [0.717, 1.165) is 0 Å². The van der Waals surface area contributed by atoms with E-state index in [2.05, 4.69) is 5.16 Å². The molecule has 3 heterocycles. The van der Waals surface area contributed by atoms with Crippen LogP contribution in [-0.2, 0) is 0 Å². The van der Waals surface area contributed by atoms with Crippen molar-refractivity contribution in [3.63, 3.8) is 0 Å². The summed E-state index contributed by atoms with van der Waals surface area (Å²) in [6.45, 7) is 5.46. The van der Waals surface area contributed by atoms with Crippen LogP contribution < -0.4 is 0 Å². The van der Waals surface area contributed by atoms with Crippen LogP contribution in [0.3, 0.4) is 0 Å². The molecule has 2 aromatic heterocycles. The largest absolute Gasteiger partial charge is 0.472 e. The van der Waals surface area contributed by atoms with Crippen LogP contribution in [0.5, 0.6) is 0 Å². The minimum atomic E-state index is -0.0911. The van der Waals surface area contributed by atoms with Crippen molar-refractivity contribution in [2.75, 3.05) is 26.2 Å². The number of nitrogens with zero attached hydrogens (tertiary/aromatic N) is 3. The summed E-state index contributed by atoms with van der Waals surface area (Å²) >= 11 is 0. The van der Waals surface area contributed by atoms with E-state index in [-0.39, 0.29) is 11.8 Å². The molecule has 1 saturated heterocycles. The maximum atomic E-state index is 12.5. The zero-order chi connectivity index (χ0) is 15.7. The van der Waals surface area contributed by atoms with E-state index in [9.17, 15) is 9.59 Å². The summed E-state index contributed by atoms with van der Waals surface area (Å²) in [6, 6.07) is 1.64. The molecule has 0 saturated carbocycles. The summed E-state index contributed by atoms with van der Waals surface area (Å²) in [7, 11) is 0. The van der Waals surface area contributed by atoms with Crippen LogP contribution in [0.25, 0.3) is 0 Å². The molecule has 3 rings (SSSR count). The average Bonchev–Trinajstić information content (AvgIpc) is 3.17. The molecule has 7 nitrogen and oxygen atoms in total. The second-order valence-corrected chi connectivity index (χ2v) is 5.30. The number of hydrogen-bond acceptors (Lipinski definition) is 5. The molecule has 116 valence electrons. The fourth-order valence-electron chi connectivity index (χ4n) is 2.63. The fraction of sp³-hybridized carbons (Fsp3) is 0.400. The number of carbonyl (C=O) groups is 2. The van der Waals surface area contributed by atoms with Crippen LogP contribution >= 0.6 is 0 Å². The Hall–Kier alpha value is -2.57. The number of carbonyl (C=O) groups excluding carboxylic acids is 2. The van der Waals surface area contributed by atoms with Gasteiger partial charge >= 0.3 is 0 Å². The van der Waals surface area contributed by atoms with E-state index < -0.39 is 0 Å². The zero-order valence-electron chi connectivity index (χ0n) is 12.5. The first-order chi connectivity index (χ1) is 10.6. The Bertz CT molecular complexity index is 662. The first kappa shape index (κ1) is 14.4. The molecule has 22 heavy (non-hydrogen) atoms. The van der Waals surface area contributed by atoms with Gasteiger partial charge in [-0.3, -0.25) is 9.59 Å². The van der Waals surface area contributed by atoms with Crippen molar-refractivity contribution in [2.45, 2.75) is 13.8 Å². The van der Waals surface area contributed by atoms with Gasteiger partial charge in [0.15, 0.2) is 0 Å². The van der Waals surface area contributed by atoms with Crippen molar-refractivity contribution in [1.82, 2.24) is 15.0 Å². The predicted octanol–water partition coefficient (Wildman–Crippen LogP) is 1.48. The van der Waals surface area contributed by atoms with Crippen LogP contribution in [0.2, 0.25) is 0 Å². The Morgan fingerprint density at radius 1 is 1.09 bits per heavy atom. The molecule has 0 radical (unpaired) electrons. The molecule has 0 aromatic carbocycles. The van der Waals surface area contributed by atoms with E-state index in [1.165, 1.54) is 12.5 Å². The quantitative estimate of drug-likeness (QED) is 0.839. The Kier molecular flexibility index (Phi) is 3.70. The highest BCUT2D eigenvalue weighted by molar-refractivity contribution is 5.97. The van der Waals surface area contributed by atoms with Crippen molar-refractivity contribution >= 4 is 11.8 Å². The summed E-state index contributed by atoms with van der Waals surface area (Å²) < 4.78 is 9.97. The second-order valence-electron chi connectivity index (χ2n) is 5.30. The van der Waals surface area contributed by atoms with Crippen molar-refractivity contribution in [1.29, 1.82) is 0 Å². The van der Waals surface area contributed by atoms with Crippen LogP contribution in [0.15, 0.2) is 27.5 Å². The summed E-state index contributed by atoms with van der Waals surface area (Å²) in [6.07, 6.45) is 2.91. The van der Waals surface area contributed by atoms with Gasteiger partial charge in [0.1, 0.15) is 17.6 Å². The number of rotatable bonds is 2. The Morgan fingerprint density at radius 2 is 1.73 bits per heavy atom. The molecule has 0 atom stereocenters. The van der Waals surface area contributed by atoms with Crippen molar-refractivity contribution in [3.05, 3.63) is 41.2 Å². The van der Waals surface area contributed by atoms with Gasteiger partial charge in [0.05, 0.1) is 17.5 Å². The smallest absolute Gasteiger partial charge is 0.259 e. The van der Waals surface area contributed by atoms with E-state index in [0.29, 0.717) is 48.8 Å². The van der Waals surface area contributed by atoms with E-state index in [1.807, 2.05) is 0 Å². The lowest BCUT2D eigenvalue weighted by molar-refractivity contribution is 0.0533. The highest BCUT2D eigenvalue weighted by Crippen LogP contribution is 2.17. The zero-order valence-corrected chi connectivity index (χ0v) is 12.5. The van der Waals surface area contributed by atoms with E-state index in [1.54, 1.807) is 29.7 Å². The van der Waals surface area contributed by atoms with Gasteiger partial charge in [-0.15, -0.1) is 0 Å². The van der Waals surface area contributed by atoms with Gasteiger partial charge < -0.3 is 18.7 Å². The van der Waals surface area contributed by atoms with Gasteiger partial charge in [-0.25, -0.2) is 0 Å². The molecule has 7 heteroatoms. The van der Waals surface area contributed by atoms with Gasteiger partial charge in [0.25, 0.3) is 11.8 Å². The van der Waals surface area contributed by atoms with Crippen LogP contribution in [0, 0.1) is 13.8 Å². The third-order valence-electron chi connectivity index (χ3n) is 3.87. The number of aromatic nitrogens is 1. The molecule has 0 N–H and O–H groups in total. The van der Waals surface area contributed by atoms with Crippen molar-refractivity contribution in [2.24, 2.45) is 0 Å². The molecule has 0 unspecified atom stereocenters. The highest BCUT2D eigenvalue weighted by atomic mass is 16.5. The number of amides is 2. The number of piperazine rings is 1. The van der Waals surface area contributed by atoms with Crippen LogP contribution in [0.1, 0.15) is 32.2 Å². The predicted molar refractivity (Wildman–Crippen MR) is 76.5 cm³/mol. The van der Waals surface area contributed by atoms with Gasteiger partial charge in [-0.05, 0) is 19.9 Å². The lowest BCUT2D eigenvalue weighted by atomic mass is 10.1. The first-order valence-electron chi connectivity index (χ1n) is 7.11. The Morgan fingerprint density at radius 3 is 2.23 bits per heavy atom. The molecule has 2 aromatic rings. The summed E-state index contributed by atoms with van der Waals surface area (Å²) in [5, 5.41) is 3.81. The third kappa shape index (κ3) is 2.49. The maximum absolute atomic E-state index is 12.5. The Balaban J connectivity index is 1.65. The highest BCUT2D eigenvalue weighted by Gasteiger charge is 2.28. The normalized spacial score (nSPS) is 15.2. The molecule has 2 amide bonds. The van der Waals surface area contributed by atoms with Crippen molar-refractivity contribution < 1.29 is 18.5 Å². The van der Waals surface area contributed by atoms with Gasteiger partial charge in [-0.2, -0.15) is 0 Å². The number of aryl methyl sites for hydroxylation is 2. The Labute approximate surface area is 127 Å². The minimum absolute atomic E-state index is 0.0711. The SMILES string of the molecule is Cc1noc(C)c1C(=O)N1CCN(C(=O)c2ccoc2)CC1. The third-order valence-corrected chi connectivity index (χ3v) is 3.87. The minimum Gasteiger partial charge on any atom is -0.472 e. The molecule has 1 aliphatic heterocycles. The molecular formula is C15H17N3O4.